The molecule has 2 nitrogen and oxygen atoms in total. The van der Waals surface area contributed by atoms with Gasteiger partial charge in [0.05, 0.1) is 6.10 Å². The summed E-state index contributed by atoms with van der Waals surface area (Å²) in [6.45, 7) is 1.65. The van der Waals surface area contributed by atoms with Gasteiger partial charge in [-0.25, -0.2) is 0 Å². The molecule has 0 N–H and O–H groups in total. The Labute approximate surface area is 102 Å². The van der Waals surface area contributed by atoms with Crippen LogP contribution in [-0.2, 0) is 9.53 Å². The zero-order chi connectivity index (χ0) is 10.4. The van der Waals surface area contributed by atoms with Crippen molar-refractivity contribution >= 4 is 5.78 Å². The predicted octanol–water partition coefficient (Wildman–Crippen LogP) is 4.22. The van der Waals surface area contributed by atoms with Crippen molar-refractivity contribution < 1.29 is 9.53 Å². The Morgan fingerprint density at radius 3 is 2.25 bits per heavy atom. The third-order valence-corrected chi connectivity index (χ3v) is 3.17. The first kappa shape index (κ1) is 18.0. The maximum atomic E-state index is 11.0. The highest BCUT2D eigenvalue weighted by molar-refractivity contribution is 5.75. The number of ketones is 1. The summed E-state index contributed by atoms with van der Waals surface area (Å²) in [5.41, 5.74) is 0. The monoisotopic (exact) mass is 230 g/mol. The number of hydrogen-bond acceptors (Lipinski definition) is 2. The van der Waals surface area contributed by atoms with Crippen LogP contribution in [0, 0.1) is 5.92 Å². The van der Waals surface area contributed by atoms with Crippen molar-refractivity contribution in [1.29, 1.82) is 0 Å². The maximum Gasteiger partial charge on any atom is 0.132 e. The molecule has 0 amide bonds. The molecule has 0 aromatic rings. The summed E-state index contributed by atoms with van der Waals surface area (Å²) in [5, 5.41) is 0. The van der Waals surface area contributed by atoms with Gasteiger partial charge in [-0.2, -0.15) is 0 Å². The smallest absolute Gasteiger partial charge is 0.132 e. The summed E-state index contributed by atoms with van der Waals surface area (Å²) in [7, 11) is 1.72. The van der Waals surface area contributed by atoms with Crippen LogP contribution in [0.3, 0.4) is 0 Å². The van der Waals surface area contributed by atoms with Crippen molar-refractivity contribution in [3.63, 3.8) is 0 Å². The van der Waals surface area contributed by atoms with Gasteiger partial charge in [0, 0.05) is 13.5 Å². The first-order valence-electron chi connectivity index (χ1n) is 5.74. The van der Waals surface area contributed by atoms with Crippen molar-refractivity contribution in [2.45, 2.75) is 72.8 Å². The van der Waals surface area contributed by atoms with E-state index in [0.29, 0.717) is 6.42 Å². The molecule has 0 radical (unpaired) electrons. The summed E-state index contributed by atoms with van der Waals surface area (Å²) < 4.78 is 5.34. The normalized spacial score (nSPS) is 18.1. The Morgan fingerprint density at radius 1 is 1.25 bits per heavy atom. The molecule has 0 aromatic heterocycles. The van der Waals surface area contributed by atoms with Crippen molar-refractivity contribution in [2.75, 3.05) is 7.11 Å². The molecular formula is C14H30O2. The number of carbonyl (C=O) groups excluding carboxylic acids is 1. The van der Waals surface area contributed by atoms with E-state index in [4.69, 9.17) is 4.74 Å². The molecule has 2 heteroatoms. The lowest BCUT2D eigenvalue weighted by Gasteiger charge is -2.25. The van der Waals surface area contributed by atoms with Crippen molar-refractivity contribution in [1.82, 2.24) is 0 Å². The largest absolute Gasteiger partial charge is 0.381 e. The predicted molar refractivity (Wildman–Crippen MR) is 70.7 cm³/mol. The summed E-state index contributed by atoms with van der Waals surface area (Å²) in [6.07, 6.45) is 8.61. The molecule has 0 heterocycles. The van der Waals surface area contributed by atoms with Gasteiger partial charge in [-0.15, -0.1) is 0 Å². The van der Waals surface area contributed by atoms with E-state index in [1.54, 1.807) is 14.0 Å². The van der Waals surface area contributed by atoms with E-state index in [9.17, 15) is 4.79 Å². The second-order valence-electron chi connectivity index (χ2n) is 4.50. The van der Waals surface area contributed by atoms with Crippen LogP contribution in [0.15, 0.2) is 0 Å². The van der Waals surface area contributed by atoms with E-state index in [0.717, 1.165) is 12.3 Å². The summed E-state index contributed by atoms with van der Waals surface area (Å²) in [4.78, 5) is 11.0. The van der Waals surface area contributed by atoms with Crippen LogP contribution in [0.5, 0.6) is 0 Å². The zero-order valence-electron chi connectivity index (χ0n) is 9.42. The molecule has 1 unspecified atom stereocenters. The number of hydrogen-bond donors (Lipinski definition) is 0. The van der Waals surface area contributed by atoms with Gasteiger partial charge in [0.25, 0.3) is 0 Å². The van der Waals surface area contributed by atoms with Gasteiger partial charge in [0.2, 0.25) is 0 Å². The Kier molecular flexibility index (Phi) is 11.1. The molecule has 0 aromatic carbocycles. The fourth-order valence-corrected chi connectivity index (χ4v) is 2.38. The van der Waals surface area contributed by atoms with Crippen molar-refractivity contribution in [3.8, 4) is 0 Å². The minimum atomic E-state index is 0. The van der Waals surface area contributed by atoms with Gasteiger partial charge in [-0.05, 0) is 19.3 Å². The standard InChI is InChI=1S/C12H22O2.2CH4/c1-10(13)8-12(14-2)9-11-6-4-3-5-7-11;;/h11-12H,3-9H2,1-2H3;2*1H4. The molecule has 1 aliphatic carbocycles. The van der Waals surface area contributed by atoms with Crippen LogP contribution in [0.4, 0.5) is 0 Å². The van der Waals surface area contributed by atoms with E-state index >= 15 is 0 Å². The number of rotatable bonds is 5. The molecule has 1 aliphatic rings. The molecule has 16 heavy (non-hydrogen) atoms. The molecule has 1 rings (SSSR count). The van der Waals surface area contributed by atoms with Crippen LogP contribution in [-0.4, -0.2) is 19.0 Å². The third-order valence-electron chi connectivity index (χ3n) is 3.17. The second kappa shape index (κ2) is 9.83. The number of Topliss-reactive ketones (excluding diaryl/α,β-unsaturated/α-hetero) is 1. The molecule has 0 saturated heterocycles. The first-order chi connectivity index (χ1) is 6.72. The lowest BCUT2D eigenvalue weighted by molar-refractivity contribution is -0.119. The van der Waals surface area contributed by atoms with Crippen molar-refractivity contribution in [3.05, 3.63) is 0 Å². The van der Waals surface area contributed by atoms with E-state index in [-0.39, 0.29) is 26.7 Å². The average Bonchev–Trinajstić information content (AvgIpc) is 2.17. The molecule has 0 bridgehead atoms. The number of methoxy groups -OCH3 is 1. The van der Waals surface area contributed by atoms with Gasteiger partial charge in [-0.1, -0.05) is 47.0 Å². The molecule has 0 spiro atoms. The van der Waals surface area contributed by atoms with Crippen LogP contribution < -0.4 is 0 Å². The molecule has 1 atom stereocenters. The van der Waals surface area contributed by atoms with Crippen LogP contribution in [0.2, 0.25) is 0 Å². The van der Waals surface area contributed by atoms with Crippen LogP contribution in [0.25, 0.3) is 0 Å². The second-order valence-corrected chi connectivity index (χ2v) is 4.50. The van der Waals surface area contributed by atoms with Gasteiger partial charge < -0.3 is 4.74 Å². The van der Waals surface area contributed by atoms with E-state index in [1.165, 1.54) is 32.1 Å². The number of ether oxygens (including phenoxy) is 1. The molecule has 0 aliphatic heterocycles. The molecule has 1 saturated carbocycles. The van der Waals surface area contributed by atoms with Gasteiger partial charge in [0.15, 0.2) is 0 Å². The zero-order valence-corrected chi connectivity index (χ0v) is 9.42. The SMILES string of the molecule is C.C.COC(CC(C)=O)CC1CCCCC1. The fraction of sp³-hybridized carbons (Fsp3) is 0.929. The van der Waals surface area contributed by atoms with Crippen LogP contribution >= 0.6 is 0 Å². The lowest BCUT2D eigenvalue weighted by atomic mass is 9.84. The van der Waals surface area contributed by atoms with E-state index in [1.807, 2.05) is 0 Å². The first-order valence-corrected chi connectivity index (χ1v) is 5.74. The summed E-state index contributed by atoms with van der Waals surface area (Å²) in [5.74, 6) is 1.04. The fourth-order valence-electron chi connectivity index (χ4n) is 2.38. The van der Waals surface area contributed by atoms with E-state index < -0.39 is 0 Å². The van der Waals surface area contributed by atoms with Crippen molar-refractivity contribution in [2.24, 2.45) is 5.92 Å². The Morgan fingerprint density at radius 2 is 1.81 bits per heavy atom. The van der Waals surface area contributed by atoms with Gasteiger partial charge >= 0.3 is 0 Å². The van der Waals surface area contributed by atoms with Gasteiger partial charge in [-0.3, -0.25) is 4.79 Å². The lowest BCUT2D eigenvalue weighted by Crippen LogP contribution is -2.20. The highest BCUT2D eigenvalue weighted by atomic mass is 16.5. The Hall–Kier alpha value is -0.370. The maximum absolute atomic E-state index is 11.0. The Balaban J connectivity index is 0. The molecular weight excluding hydrogens is 200 g/mol. The van der Waals surface area contributed by atoms with E-state index in [2.05, 4.69) is 0 Å². The van der Waals surface area contributed by atoms with Gasteiger partial charge in [0.1, 0.15) is 5.78 Å². The average molecular weight is 230 g/mol. The summed E-state index contributed by atoms with van der Waals surface area (Å²) >= 11 is 0. The minimum absolute atomic E-state index is 0. The molecule has 98 valence electrons. The third kappa shape index (κ3) is 7.00. The highest BCUT2D eigenvalue weighted by Gasteiger charge is 2.19. The number of carbonyl (C=O) groups is 1. The highest BCUT2D eigenvalue weighted by Crippen LogP contribution is 2.28. The minimum Gasteiger partial charge on any atom is -0.381 e. The Bertz CT molecular complexity index is 172. The van der Waals surface area contributed by atoms with Crippen LogP contribution in [0.1, 0.15) is 66.7 Å². The summed E-state index contributed by atoms with van der Waals surface area (Å²) in [6, 6.07) is 0. The molecule has 1 fully saturated rings. The quantitative estimate of drug-likeness (QED) is 0.706. The topological polar surface area (TPSA) is 26.3 Å².